The molecule has 1 aliphatic heterocycles. The first-order valence-corrected chi connectivity index (χ1v) is 9.91. The molecule has 0 fully saturated rings. The summed E-state index contributed by atoms with van der Waals surface area (Å²) in [4.78, 5) is 23.1. The summed E-state index contributed by atoms with van der Waals surface area (Å²) in [5.41, 5.74) is 5.47. The number of nitrogens with zero attached hydrogens (tertiary/aromatic N) is 3. The lowest BCUT2D eigenvalue weighted by Gasteiger charge is -2.13. The molecule has 4 rings (SSSR count). The maximum absolute atomic E-state index is 12.8. The van der Waals surface area contributed by atoms with Crippen LogP contribution in [-0.4, -0.2) is 20.6 Å². The fraction of sp³-hybridized carbons (Fsp3) is 0.200. The van der Waals surface area contributed by atoms with Gasteiger partial charge in [0.15, 0.2) is 0 Å². The highest BCUT2D eigenvalue weighted by Crippen LogP contribution is 2.36. The Morgan fingerprint density at radius 2 is 1.93 bits per heavy atom. The van der Waals surface area contributed by atoms with Crippen LogP contribution in [0.1, 0.15) is 32.7 Å². The normalized spacial score (nSPS) is 12.6. The molecular weight excluding hydrogens is 376 g/mol. The van der Waals surface area contributed by atoms with Gasteiger partial charge in [0.25, 0.3) is 11.6 Å². The Labute approximate surface area is 165 Å². The largest absolute Gasteiger partial charge is 0.306 e. The van der Waals surface area contributed by atoms with Gasteiger partial charge < -0.3 is 5.32 Å². The summed E-state index contributed by atoms with van der Waals surface area (Å²) in [7, 11) is 0. The summed E-state index contributed by atoms with van der Waals surface area (Å²) >= 11 is 1.76. The number of amides is 1. The molecular formula is C20H18N4O3S. The first-order valence-electron chi connectivity index (χ1n) is 8.76. The summed E-state index contributed by atoms with van der Waals surface area (Å²) in [5.74, 6) is 1.94. The molecule has 2 heterocycles. The third-order valence-corrected chi connectivity index (χ3v) is 5.67. The third kappa shape index (κ3) is 3.27. The number of hydrogen-bond acceptors (Lipinski definition) is 5. The number of aryl methyl sites for hydroxylation is 2. The number of thioether (sulfide) groups is 1. The summed E-state index contributed by atoms with van der Waals surface area (Å²) < 4.78 is 1.79. The molecule has 0 saturated heterocycles. The Morgan fingerprint density at radius 3 is 2.61 bits per heavy atom. The monoisotopic (exact) mass is 394 g/mol. The zero-order chi connectivity index (χ0) is 19.8. The molecule has 28 heavy (non-hydrogen) atoms. The second-order valence-electron chi connectivity index (χ2n) is 6.73. The lowest BCUT2D eigenvalue weighted by atomic mass is 10.1. The highest BCUT2D eigenvalue weighted by atomic mass is 32.2. The van der Waals surface area contributed by atoms with Crippen molar-refractivity contribution in [2.24, 2.45) is 0 Å². The second kappa shape index (κ2) is 7.12. The molecule has 3 aromatic rings. The van der Waals surface area contributed by atoms with E-state index in [-0.39, 0.29) is 11.6 Å². The molecule has 7 nitrogen and oxygen atoms in total. The van der Waals surface area contributed by atoms with E-state index in [1.807, 2.05) is 26.0 Å². The fourth-order valence-electron chi connectivity index (χ4n) is 3.27. The number of non-ortho nitro benzene ring substituents is 1. The lowest BCUT2D eigenvalue weighted by molar-refractivity contribution is -0.384. The molecule has 1 N–H and O–H groups in total. The van der Waals surface area contributed by atoms with Crippen LogP contribution in [0.2, 0.25) is 0 Å². The van der Waals surface area contributed by atoms with Crippen molar-refractivity contribution in [3.8, 4) is 5.69 Å². The van der Waals surface area contributed by atoms with Gasteiger partial charge in [-0.05, 0) is 37.6 Å². The van der Waals surface area contributed by atoms with E-state index in [1.165, 1.54) is 24.3 Å². The number of anilines is 1. The quantitative estimate of drug-likeness (QED) is 0.523. The van der Waals surface area contributed by atoms with Gasteiger partial charge in [0, 0.05) is 34.8 Å². The van der Waals surface area contributed by atoms with Crippen molar-refractivity contribution in [3.05, 3.63) is 80.5 Å². The van der Waals surface area contributed by atoms with Crippen LogP contribution in [0, 0.1) is 24.0 Å². The first-order chi connectivity index (χ1) is 13.4. The van der Waals surface area contributed by atoms with Crippen LogP contribution < -0.4 is 5.32 Å². The molecule has 0 radical (unpaired) electrons. The van der Waals surface area contributed by atoms with Gasteiger partial charge in [0.1, 0.15) is 5.82 Å². The number of benzene rings is 2. The van der Waals surface area contributed by atoms with E-state index >= 15 is 0 Å². The molecule has 1 aliphatic rings. The number of carbonyl (C=O) groups is 1. The number of nitro benzene ring substituents is 1. The molecule has 8 heteroatoms. The Balaban J connectivity index is 1.71. The van der Waals surface area contributed by atoms with Crippen molar-refractivity contribution >= 4 is 29.2 Å². The van der Waals surface area contributed by atoms with Crippen molar-refractivity contribution < 1.29 is 9.72 Å². The minimum Gasteiger partial charge on any atom is -0.306 e. The topological polar surface area (TPSA) is 90.1 Å². The number of hydrogen-bond donors (Lipinski definition) is 1. The van der Waals surface area contributed by atoms with Crippen molar-refractivity contribution in [2.75, 3.05) is 5.32 Å². The third-order valence-electron chi connectivity index (χ3n) is 4.70. The lowest BCUT2D eigenvalue weighted by Crippen LogP contribution is -2.16. The van der Waals surface area contributed by atoms with Crippen LogP contribution in [-0.2, 0) is 11.5 Å². The van der Waals surface area contributed by atoms with Crippen molar-refractivity contribution in [1.29, 1.82) is 0 Å². The average molecular weight is 394 g/mol. The van der Waals surface area contributed by atoms with Crippen LogP contribution in [0.25, 0.3) is 5.69 Å². The summed E-state index contributed by atoms with van der Waals surface area (Å²) in [6.07, 6.45) is 0. The molecule has 1 amide bonds. The predicted octanol–water partition coefficient (Wildman–Crippen LogP) is 4.40. The molecule has 1 aromatic heterocycles. The Hall–Kier alpha value is -3.13. The van der Waals surface area contributed by atoms with Crippen LogP contribution >= 0.6 is 11.8 Å². The Kier molecular flexibility index (Phi) is 4.64. The van der Waals surface area contributed by atoms with Gasteiger partial charge in [0.2, 0.25) is 0 Å². The number of aromatic nitrogens is 2. The fourth-order valence-corrected chi connectivity index (χ4v) is 4.31. The highest BCUT2D eigenvalue weighted by Gasteiger charge is 2.25. The standard InChI is InChI=1S/C20H18N4O3S/c1-12-3-8-18(13(2)9-12)23-19(16-10-28-11-17(16)22-23)21-20(25)14-4-6-15(7-5-14)24(26)27/h3-9H,10-11H2,1-2H3,(H,21,25). The molecule has 142 valence electrons. The molecule has 0 aliphatic carbocycles. The Morgan fingerprint density at radius 1 is 1.18 bits per heavy atom. The second-order valence-corrected chi connectivity index (χ2v) is 7.71. The number of carbonyl (C=O) groups excluding carboxylic acids is 1. The SMILES string of the molecule is Cc1ccc(-n2nc3c(c2NC(=O)c2ccc([N+](=O)[O-])cc2)CSC3)c(C)c1. The van der Waals surface area contributed by atoms with Crippen LogP contribution in [0.4, 0.5) is 11.5 Å². The van der Waals surface area contributed by atoms with E-state index in [9.17, 15) is 14.9 Å². The van der Waals surface area contributed by atoms with Gasteiger partial charge in [-0.3, -0.25) is 14.9 Å². The van der Waals surface area contributed by atoms with E-state index in [0.29, 0.717) is 11.4 Å². The minimum atomic E-state index is -0.485. The van der Waals surface area contributed by atoms with Crippen LogP contribution in [0.3, 0.4) is 0 Å². The first kappa shape index (κ1) is 18.2. The van der Waals surface area contributed by atoms with Gasteiger partial charge >= 0.3 is 0 Å². The van der Waals surface area contributed by atoms with Gasteiger partial charge in [-0.25, -0.2) is 4.68 Å². The zero-order valence-corrected chi connectivity index (χ0v) is 16.2. The summed E-state index contributed by atoms with van der Waals surface area (Å²) in [6.45, 7) is 4.06. The molecule has 2 aromatic carbocycles. The molecule has 0 bridgehead atoms. The highest BCUT2D eigenvalue weighted by molar-refractivity contribution is 7.98. The molecule has 0 spiro atoms. The van der Waals surface area contributed by atoms with E-state index in [0.717, 1.165) is 39.6 Å². The molecule has 0 unspecified atom stereocenters. The van der Waals surface area contributed by atoms with Gasteiger partial charge in [0.05, 0.1) is 16.3 Å². The summed E-state index contributed by atoms with van der Waals surface area (Å²) in [5, 5.41) is 18.5. The van der Waals surface area contributed by atoms with Crippen molar-refractivity contribution in [1.82, 2.24) is 9.78 Å². The van der Waals surface area contributed by atoms with Crippen LogP contribution in [0.15, 0.2) is 42.5 Å². The van der Waals surface area contributed by atoms with E-state index < -0.39 is 4.92 Å². The van der Waals surface area contributed by atoms with Crippen LogP contribution in [0.5, 0.6) is 0 Å². The van der Waals surface area contributed by atoms with Crippen molar-refractivity contribution in [2.45, 2.75) is 25.4 Å². The van der Waals surface area contributed by atoms with Gasteiger partial charge in [-0.1, -0.05) is 17.7 Å². The number of fused-ring (bicyclic) bond motifs is 1. The minimum absolute atomic E-state index is 0.0471. The van der Waals surface area contributed by atoms with E-state index in [2.05, 4.69) is 11.4 Å². The number of rotatable bonds is 4. The van der Waals surface area contributed by atoms with Gasteiger partial charge in [-0.15, -0.1) is 0 Å². The predicted molar refractivity (Wildman–Crippen MR) is 109 cm³/mol. The van der Waals surface area contributed by atoms with E-state index in [4.69, 9.17) is 5.10 Å². The molecule has 0 atom stereocenters. The zero-order valence-electron chi connectivity index (χ0n) is 15.4. The smallest absolute Gasteiger partial charge is 0.269 e. The average Bonchev–Trinajstić information content (AvgIpc) is 3.24. The number of nitrogens with one attached hydrogen (secondary N) is 1. The van der Waals surface area contributed by atoms with Gasteiger partial charge in [-0.2, -0.15) is 16.9 Å². The summed E-state index contributed by atoms with van der Waals surface area (Å²) in [6, 6.07) is 11.7. The molecule has 0 saturated carbocycles. The van der Waals surface area contributed by atoms with Crippen molar-refractivity contribution in [3.63, 3.8) is 0 Å². The number of nitro groups is 1. The Bertz CT molecular complexity index is 1090. The van der Waals surface area contributed by atoms with E-state index in [1.54, 1.807) is 16.4 Å². The maximum atomic E-state index is 12.8. The maximum Gasteiger partial charge on any atom is 0.269 e.